The minimum atomic E-state index is -0.249. The van der Waals surface area contributed by atoms with Crippen LogP contribution in [0, 0.1) is 5.82 Å². The van der Waals surface area contributed by atoms with Crippen LogP contribution in [0.4, 0.5) is 10.1 Å². The molecule has 37 heavy (non-hydrogen) atoms. The Morgan fingerprint density at radius 2 is 1.68 bits per heavy atom. The Bertz CT molecular complexity index is 1520. The van der Waals surface area contributed by atoms with Crippen LogP contribution in [0.15, 0.2) is 94.7 Å². The van der Waals surface area contributed by atoms with E-state index in [4.69, 9.17) is 4.42 Å². The minimum absolute atomic E-state index is 0.0516. The lowest BCUT2D eigenvalue weighted by molar-refractivity contribution is -0.128. The third-order valence-electron chi connectivity index (χ3n) is 6.53. The maximum atomic E-state index is 13.3. The summed E-state index contributed by atoms with van der Waals surface area (Å²) in [6, 6.07) is 24.4. The number of aromatic nitrogens is 3. The molecule has 7 nitrogen and oxygen atoms in total. The topological polar surface area (TPSA) is 67.4 Å². The van der Waals surface area contributed by atoms with Gasteiger partial charge in [0.2, 0.25) is 11.7 Å². The Hall–Kier alpha value is -4.11. The molecule has 0 spiro atoms. The molecule has 0 radical (unpaired) electrons. The molecule has 1 aliphatic heterocycles. The number of amides is 1. The summed E-state index contributed by atoms with van der Waals surface area (Å²) in [5, 5.41) is 11.6. The molecule has 0 aliphatic carbocycles. The Kier molecular flexibility index (Phi) is 6.36. The van der Waals surface area contributed by atoms with E-state index in [1.165, 1.54) is 23.9 Å². The first kappa shape index (κ1) is 23.3. The number of benzene rings is 3. The highest BCUT2D eigenvalue weighted by Gasteiger charge is 2.24. The van der Waals surface area contributed by atoms with Crippen molar-refractivity contribution in [2.45, 2.75) is 5.16 Å². The molecule has 0 N–H and O–H groups in total. The van der Waals surface area contributed by atoms with Crippen molar-refractivity contribution in [3.8, 4) is 17.3 Å². The van der Waals surface area contributed by atoms with Crippen LogP contribution in [0.25, 0.3) is 28.0 Å². The van der Waals surface area contributed by atoms with E-state index in [0.29, 0.717) is 42.9 Å². The smallest absolute Gasteiger partial charge is 0.233 e. The van der Waals surface area contributed by atoms with E-state index in [1.54, 1.807) is 18.4 Å². The number of carbonyl (C=O) groups excluding carboxylic acids is 1. The fourth-order valence-corrected chi connectivity index (χ4v) is 5.48. The van der Waals surface area contributed by atoms with Crippen molar-refractivity contribution in [3.05, 3.63) is 90.9 Å². The summed E-state index contributed by atoms with van der Waals surface area (Å²) < 4.78 is 20.9. The molecule has 5 aromatic rings. The third-order valence-corrected chi connectivity index (χ3v) is 7.45. The van der Waals surface area contributed by atoms with Gasteiger partial charge >= 0.3 is 0 Å². The summed E-state index contributed by atoms with van der Waals surface area (Å²) in [5.41, 5.74) is 1.90. The van der Waals surface area contributed by atoms with Crippen LogP contribution in [0.1, 0.15) is 0 Å². The van der Waals surface area contributed by atoms with Gasteiger partial charge in [0.15, 0.2) is 10.9 Å². The van der Waals surface area contributed by atoms with Gasteiger partial charge in [0, 0.05) is 37.3 Å². The number of anilines is 1. The number of rotatable bonds is 6. The van der Waals surface area contributed by atoms with Gasteiger partial charge in [-0.2, -0.15) is 0 Å². The first-order valence-electron chi connectivity index (χ1n) is 12.1. The van der Waals surface area contributed by atoms with Crippen molar-refractivity contribution in [3.63, 3.8) is 0 Å². The van der Waals surface area contributed by atoms with E-state index in [9.17, 15) is 9.18 Å². The van der Waals surface area contributed by atoms with Gasteiger partial charge in [-0.05, 0) is 47.9 Å². The zero-order valence-electron chi connectivity index (χ0n) is 20.0. The Morgan fingerprint density at radius 3 is 2.46 bits per heavy atom. The Balaban J connectivity index is 1.21. The maximum Gasteiger partial charge on any atom is 0.233 e. The molecule has 0 bridgehead atoms. The van der Waals surface area contributed by atoms with Gasteiger partial charge in [0.1, 0.15) is 5.82 Å². The minimum Gasteiger partial charge on any atom is -0.461 e. The van der Waals surface area contributed by atoms with Crippen molar-refractivity contribution in [2.24, 2.45) is 0 Å². The average molecular weight is 514 g/mol. The lowest BCUT2D eigenvalue weighted by Gasteiger charge is -2.36. The van der Waals surface area contributed by atoms with Crippen LogP contribution in [0.2, 0.25) is 0 Å². The first-order chi connectivity index (χ1) is 18.2. The lowest BCUT2D eigenvalue weighted by atomic mass is 10.1. The van der Waals surface area contributed by atoms with Crippen molar-refractivity contribution in [1.82, 2.24) is 19.7 Å². The zero-order valence-corrected chi connectivity index (χ0v) is 20.8. The molecule has 1 aliphatic rings. The Morgan fingerprint density at radius 1 is 0.892 bits per heavy atom. The first-order valence-corrected chi connectivity index (χ1v) is 13.0. The Labute approximate surface area is 217 Å². The molecule has 3 heterocycles. The number of halogens is 1. The van der Waals surface area contributed by atoms with E-state index >= 15 is 0 Å². The maximum absolute atomic E-state index is 13.3. The number of hydrogen-bond donors (Lipinski definition) is 0. The summed E-state index contributed by atoms with van der Waals surface area (Å²) in [6.45, 7) is 2.64. The van der Waals surface area contributed by atoms with E-state index < -0.39 is 0 Å². The zero-order chi connectivity index (χ0) is 25.2. The van der Waals surface area contributed by atoms with E-state index in [2.05, 4.69) is 33.3 Å². The van der Waals surface area contributed by atoms with Crippen molar-refractivity contribution >= 4 is 34.1 Å². The number of piperazine rings is 1. The van der Waals surface area contributed by atoms with Gasteiger partial charge in [0.25, 0.3) is 0 Å². The molecule has 186 valence electrons. The predicted octanol–water partition coefficient (Wildman–Crippen LogP) is 5.26. The van der Waals surface area contributed by atoms with Crippen LogP contribution < -0.4 is 4.90 Å². The molecule has 0 unspecified atom stereocenters. The number of furan rings is 1. The molecule has 1 saturated heterocycles. The SMILES string of the molecule is O=C(CSc1nnc(-c2ccco2)n1-c1cccc2ccccc12)N1CCN(c2ccc(F)cc2)CC1. The average Bonchev–Trinajstić information content (AvgIpc) is 3.62. The van der Waals surface area contributed by atoms with Gasteiger partial charge in [-0.15, -0.1) is 10.2 Å². The van der Waals surface area contributed by atoms with Crippen molar-refractivity contribution < 1.29 is 13.6 Å². The summed E-state index contributed by atoms with van der Waals surface area (Å²) >= 11 is 1.37. The van der Waals surface area contributed by atoms with E-state index in [-0.39, 0.29) is 17.5 Å². The van der Waals surface area contributed by atoms with Gasteiger partial charge in [-0.3, -0.25) is 9.36 Å². The monoisotopic (exact) mass is 513 g/mol. The highest BCUT2D eigenvalue weighted by molar-refractivity contribution is 7.99. The molecule has 6 rings (SSSR count). The number of thioether (sulfide) groups is 1. The second-order valence-corrected chi connectivity index (χ2v) is 9.69. The highest BCUT2D eigenvalue weighted by atomic mass is 32.2. The van der Waals surface area contributed by atoms with Crippen LogP contribution in [-0.2, 0) is 4.79 Å². The predicted molar refractivity (Wildman–Crippen MR) is 142 cm³/mol. The van der Waals surface area contributed by atoms with Gasteiger partial charge in [-0.1, -0.05) is 48.2 Å². The second kappa shape index (κ2) is 10.1. The van der Waals surface area contributed by atoms with Gasteiger partial charge < -0.3 is 14.2 Å². The molecular weight excluding hydrogens is 489 g/mol. The number of hydrogen-bond acceptors (Lipinski definition) is 6. The third kappa shape index (κ3) is 4.70. The molecule has 1 fully saturated rings. The summed E-state index contributed by atoms with van der Waals surface area (Å²) in [7, 11) is 0. The second-order valence-electron chi connectivity index (χ2n) is 8.75. The van der Waals surface area contributed by atoms with Crippen LogP contribution >= 0.6 is 11.8 Å². The largest absolute Gasteiger partial charge is 0.461 e. The molecule has 0 atom stereocenters. The molecule has 0 saturated carbocycles. The molecular formula is C28H24FN5O2S. The highest BCUT2D eigenvalue weighted by Crippen LogP contribution is 2.32. The summed E-state index contributed by atoms with van der Waals surface area (Å²) in [5.74, 6) is 1.24. The quantitative estimate of drug-likeness (QED) is 0.289. The van der Waals surface area contributed by atoms with Crippen molar-refractivity contribution in [2.75, 3.05) is 36.8 Å². The van der Waals surface area contributed by atoms with E-state index in [1.807, 2.05) is 45.9 Å². The molecule has 1 amide bonds. The van der Waals surface area contributed by atoms with E-state index in [0.717, 1.165) is 22.1 Å². The van der Waals surface area contributed by atoms with Crippen LogP contribution in [0.3, 0.4) is 0 Å². The summed E-state index contributed by atoms with van der Waals surface area (Å²) in [6.07, 6.45) is 1.61. The van der Waals surface area contributed by atoms with Gasteiger partial charge in [-0.25, -0.2) is 4.39 Å². The fraction of sp³-hybridized carbons (Fsp3) is 0.179. The lowest BCUT2D eigenvalue weighted by Crippen LogP contribution is -2.49. The van der Waals surface area contributed by atoms with Crippen molar-refractivity contribution in [1.29, 1.82) is 0 Å². The van der Waals surface area contributed by atoms with Crippen LogP contribution in [0.5, 0.6) is 0 Å². The molecule has 2 aromatic heterocycles. The number of nitrogens with zero attached hydrogens (tertiary/aromatic N) is 5. The number of carbonyl (C=O) groups is 1. The standard InChI is InChI=1S/C28H24FN5O2S/c29-21-10-12-22(13-11-21)32-14-16-33(17-15-32)26(35)19-37-28-31-30-27(25-9-4-18-36-25)34(28)24-8-3-6-20-5-1-2-7-23(20)24/h1-13,18H,14-17,19H2. The fourth-order valence-electron chi connectivity index (χ4n) is 4.63. The van der Waals surface area contributed by atoms with Crippen LogP contribution in [-0.4, -0.2) is 57.5 Å². The number of fused-ring (bicyclic) bond motifs is 1. The van der Waals surface area contributed by atoms with Gasteiger partial charge in [0.05, 0.1) is 17.7 Å². The normalized spacial score (nSPS) is 13.9. The summed E-state index contributed by atoms with van der Waals surface area (Å²) in [4.78, 5) is 17.2. The molecule has 9 heteroatoms. The molecule has 3 aromatic carbocycles.